The summed E-state index contributed by atoms with van der Waals surface area (Å²) in [7, 11) is 3.53. The van der Waals surface area contributed by atoms with Gasteiger partial charge in [-0.15, -0.1) is 11.3 Å². The molecule has 1 amide bonds. The standard InChI is InChI=1S/C9H15N3OS/c1-12(2)9(13)3-4-10-7-8-11-5-6-14-8/h5-6,10H,3-4,7H2,1-2H3. The molecule has 0 spiro atoms. The largest absolute Gasteiger partial charge is 0.349 e. The van der Waals surface area contributed by atoms with E-state index >= 15 is 0 Å². The lowest BCUT2D eigenvalue weighted by Crippen LogP contribution is -2.26. The van der Waals surface area contributed by atoms with Gasteiger partial charge < -0.3 is 10.2 Å². The summed E-state index contributed by atoms with van der Waals surface area (Å²) < 4.78 is 0. The van der Waals surface area contributed by atoms with Crippen LogP contribution in [0, 0.1) is 0 Å². The fraction of sp³-hybridized carbons (Fsp3) is 0.556. The van der Waals surface area contributed by atoms with Gasteiger partial charge in [-0.1, -0.05) is 0 Å². The van der Waals surface area contributed by atoms with Gasteiger partial charge in [0.1, 0.15) is 5.01 Å². The number of aromatic nitrogens is 1. The van der Waals surface area contributed by atoms with Crippen molar-refractivity contribution >= 4 is 17.2 Å². The summed E-state index contributed by atoms with van der Waals surface area (Å²) >= 11 is 1.62. The first kappa shape index (κ1) is 11.1. The number of hydrogen-bond donors (Lipinski definition) is 1. The number of hydrogen-bond acceptors (Lipinski definition) is 4. The Balaban J connectivity index is 2.08. The molecule has 0 aliphatic carbocycles. The molecule has 0 bridgehead atoms. The minimum Gasteiger partial charge on any atom is -0.349 e. The molecule has 1 aromatic heterocycles. The van der Waals surface area contributed by atoms with Crippen LogP contribution in [-0.2, 0) is 11.3 Å². The van der Waals surface area contributed by atoms with Crippen molar-refractivity contribution in [3.05, 3.63) is 16.6 Å². The maximum absolute atomic E-state index is 11.2. The Labute approximate surface area is 88.0 Å². The molecule has 0 atom stereocenters. The molecule has 0 aliphatic heterocycles. The van der Waals surface area contributed by atoms with E-state index in [4.69, 9.17) is 0 Å². The summed E-state index contributed by atoms with van der Waals surface area (Å²) in [5.41, 5.74) is 0. The average Bonchev–Trinajstić information content (AvgIpc) is 2.64. The molecule has 1 N–H and O–H groups in total. The van der Waals surface area contributed by atoms with E-state index < -0.39 is 0 Å². The lowest BCUT2D eigenvalue weighted by molar-refractivity contribution is -0.128. The zero-order valence-electron chi connectivity index (χ0n) is 8.49. The summed E-state index contributed by atoms with van der Waals surface area (Å²) in [6.45, 7) is 1.45. The predicted octanol–water partition coefficient (Wildman–Crippen LogP) is 0.711. The fourth-order valence-corrected chi connectivity index (χ4v) is 1.54. The number of rotatable bonds is 5. The molecule has 0 saturated heterocycles. The van der Waals surface area contributed by atoms with Gasteiger partial charge in [-0.3, -0.25) is 4.79 Å². The first-order valence-electron chi connectivity index (χ1n) is 4.49. The van der Waals surface area contributed by atoms with E-state index in [9.17, 15) is 4.79 Å². The Hall–Kier alpha value is -0.940. The Bertz CT molecular complexity index is 272. The third-order valence-electron chi connectivity index (χ3n) is 1.77. The van der Waals surface area contributed by atoms with Crippen LogP contribution >= 0.6 is 11.3 Å². The first-order chi connectivity index (χ1) is 6.70. The molecular formula is C9H15N3OS. The number of nitrogens with one attached hydrogen (secondary N) is 1. The van der Waals surface area contributed by atoms with E-state index in [1.807, 2.05) is 5.38 Å². The Morgan fingerprint density at radius 3 is 3.00 bits per heavy atom. The van der Waals surface area contributed by atoms with Gasteiger partial charge in [-0.2, -0.15) is 0 Å². The minimum absolute atomic E-state index is 0.150. The van der Waals surface area contributed by atoms with E-state index in [-0.39, 0.29) is 5.91 Å². The van der Waals surface area contributed by atoms with E-state index in [2.05, 4.69) is 10.3 Å². The number of carbonyl (C=O) groups excluding carboxylic acids is 1. The predicted molar refractivity (Wildman–Crippen MR) is 57.1 cm³/mol. The number of thiazole rings is 1. The summed E-state index contributed by atoms with van der Waals surface area (Å²) in [6, 6.07) is 0. The number of amides is 1. The molecule has 14 heavy (non-hydrogen) atoms. The number of carbonyl (C=O) groups is 1. The lowest BCUT2D eigenvalue weighted by atomic mass is 10.4. The molecule has 78 valence electrons. The lowest BCUT2D eigenvalue weighted by Gasteiger charge is -2.09. The average molecular weight is 213 g/mol. The van der Waals surface area contributed by atoms with Gasteiger partial charge in [0, 0.05) is 45.2 Å². The van der Waals surface area contributed by atoms with Crippen molar-refractivity contribution in [2.24, 2.45) is 0 Å². The Morgan fingerprint density at radius 1 is 1.64 bits per heavy atom. The van der Waals surface area contributed by atoms with Gasteiger partial charge in [0.25, 0.3) is 0 Å². The highest BCUT2D eigenvalue weighted by molar-refractivity contribution is 7.09. The van der Waals surface area contributed by atoms with Crippen molar-refractivity contribution in [2.75, 3.05) is 20.6 Å². The molecule has 1 rings (SSSR count). The van der Waals surface area contributed by atoms with Gasteiger partial charge in [-0.05, 0) is 0 Å². The van der Waals surface area contributed by atoms with Crippen molar-refractivity contribution in [3.63, 3.8) is 0 Å². The minimum atomic E-state index is 0.150. The van der Waals surface area contributed by atoms with Crippen LogP contribution in [0.5, 0.6) is 0 Å². The Morgan fingerprint density at radius 2 is 2.43 bits per heavy atom. The van der Waals surface area contributed by atoms with Gasteiger partial charge in [0.2, 0.25) is 5.91 Å². The normalized spacial score (nSPS) is 10.1. The maximum Gasteiger partial charge on any atom is 0.223 e. The van der Waals surface area contributed by atoms with Crippen LogP contribution in [0.15, 0.2) is 11.6 Å². The van der Waals surface area contributed by atoms with E-state index in [1.54, 1.807) is 36.5 Å². The summed E-state index contributed by atoms with van der Waals surface area (Å²) in [5, 5.41) is 6.18. The molecule has 1 heterocycles. The monoisotopic (exact) mass is 213 g/mol. The van der Waals surface area contributed by atoms with Crippen LogP contribution < -0.4 is 5.32 Å². The summed E-state index contributed by atoms with van der Waals surface area (Å²) in [6.07, 6.45) is 2.32. The molecule has 0 fully saturated rings. The van der Waals surface area contributed by atoms with Crippen molar-refractivity contribution < 1.29 is 4.79 Å². The summed E-state index contributed by atoms with van der Waals surface area (Å²) in [4.78, 5) is 16.9. The van der Waals surface area contributed by atoms with Gasteiger partial charge in [0.05, 0.1) is 0 Å². The van der Waals surface area contributed by atoms with Crippen molar-refractivity contribution in [1.82, 2.24) is 15.2 Å². The van der Waals surface area contributed by atoms with E-state index in [0.717, 1.165) is 11.6 Å². The van der Waals surface area contributed by atoms with Crippen LogP contribution in [0.2, 0.25) is 0 Å². The van der Waals surface area contributed by atoms with Gasteiger partial charge in [0.15, 0.2) is 0 Å². The fourth-order valence-electron chi connectivity index (χ4n) is 0.955. The van der Waals surface area contributed by atoms with Crippen LogP contribution in [-0.4, -0.2) is 36.4 Å². The van der Waals surface area contributed by atoms with Crippen LogP contribution in [0.3, 0.4) is 0 Å². The smallest absolute Gasteiger partial charge is 0.223 e. The molecule has 4 nitrogen and oxygen atoms in total. The second kappa shape index (κ2) is 5.72. The molecule has 0 saturated carbocycles. The van der Waals surface area contributed by atoms with Crippen LogP contribution in [0.4, 0.5) is 0 Å². The zero-order chi connectivity index (χ0) is 10.4. The molecule has 5 heteroatoms. The molecule has 1 aromatic rings. The quantitative estimate of drug-likeness (QED) is 0.733. The van der Waals surface area contributed by atoms with Crippen molar-refractivity contribution in [1.29, 1.82) is 0 Å². The van der Waals surface area contributed by atoms with Gasteiger partial charge >= 0.3 is 0 Å². The zero-order valence-corrected chi connectivity index (χ0v) is 9.30. The van der Waals surface area contributed by atoms with Crippen molar-refractivity contribution in [3.8, 4) is 0 Å². The topological polar surface area (TPSA) is 45.2 Å². The SMILES string of the molecule is CN(C)C(=O)CCNCc1nccs1. The van der Waals surface area contributed by atoms with Crippen LogP contribution in [0.25, 0.3) is 0 Å². The van der Waals surface area contributed by atoms with E-state index in [0.29, 0.717) is 13.0 Å². The highest BCUT2D eigenvalue weighted by Gasteiger charge is 2.02. The maximum atomic E-state index is 11.2. The number of nitrogens with zero attached hydrogens (tertiary/aromatic N) is 2. The van der Waals surface area contributed by atoms with Crippen LogP contribution in [0.1, 0.15) is 11.4 Å². The molecule has 0 radical (unpaired) electrons. The third-order valence-corrected chi connectivity index (χ3v) is 2.55. The van der Waals surface area contributed by atoms with Crippen molar-refractivity contribution in [2.45, 2.75) is 13.0 Å². The molecule has 0 aliphatic rings. The Kier molecular flexibility index (Phi) is 4.55. The highest BCUT2D eigenvalue weighted by Crippen LogP contribution is 2.02. The molecular weight excluding hydrogens is 198 g/mol. The molecule has 0 aromatic carbocycles. The first-order valence-corrected chi connectivity index (χ1v) is 5.37. The third kappa shape index (κ3) is 3.85. The highest BCUT2D eigenvalue weighted by atomic mass is 32.1. The summed E-state index contributed by atoms with van der Waals surface area (Å²) in [5.74, 6) is 0.150. The van der Waals surface area contributed by atoms with Gasteiger partial charge in [-0.25, -0.2) is 4.98 Å². The second-order valence-electron chi connectivity index (χ2n) is 3.14. The van der Waals surface area contributed by atoms with E-state index in [1.165, 1.54) is 0 Å². The second-order valence-corrected chi connectivity index (χ2v) is 4.12. The molecule has 0 unspecified atom stereocenters.